The molecule has 0 aliphatic rings. The summed E-state index contributed by atoms with van der Waals surface area (Å²) in [5, 5.41) is 26.3. The number of carbonyl (C=O) groups excluding carboxylic acids is 1. The fourth-order valence-corrected chi connectivity index (χ4v) is 2.32. The SMILES string of the molecule is CC(O)(CNC(=O)NCCc1ccc([N+](=O)[O-])cc1)c1ccccc1. The quantitative estimate of drug-likeness (QED) is 0.530. The first kappa shape index (κ1) is 18.4. The predicted molar refractivity (Wildman–Crippen MR) is 94.2 cm³/mol. The van der Waals surface area contributed by atoms with E-state index >= 15 is 0 Å². The van der Waals surface area contributed by atoms with Gasteiger partial charge in [0, 0.05) is 18.7 Å². The van der Waals surface area contributed by atoms with Crippen molar-refractivity contribution in [3.8, 4) is 0 Å². The molecule has 2 amide bonds. The second kappa shape index (κ2) is 8.25. The molecule has 7 nitrogen and oxygen atoms in total. The number of benzene rings is 2. The zero-order chi connectivity index (χ0) is 18.3. The third-order valence-corrected chi connectivity index (χ3v) is 3.84. The summed E-state index contributed by atoms with van der Waals surface area (Å²) in [7, 11) is 0. The zero-order valence-corrected chi connectivity index (χ0v) is 13.9. The molecule has 2 aromatic carbocycles. The van der Waals surface area contributed by atoms with E-state index in [4.69, 9.17) is 0 Å². The van der Waals surface area contributed by atoms with Crippen LogP contribution < -0.4 is 10.6 Å². The molecular formula is C18H21N3O4. The lowest BCUT2D eigenvalue weighted by atomic mass is 9.96. The number of carbonyl (C=O) groups is 1. The molecule has 0 radical (unpaired) electrons. The Balaban J connectivity index is 1.74. The van der Waals surface area contributed by atoms with Gasteiger partial charge in [-0.25, -0.2) is 4.79 Å². The van der Waals surface area contributed by atoms with Gasteiger partial charge in [0.15, 0.2) is 0 Å². The number of nitrogens with one attached hydrogen (secondary N) is 2. The van der Waals surface area contributed by atoms with E-state index in [0.717, 1.165) is 11.1 Å². The first-order valence-electron chi connectivity index (χ1n) is 7.91. The molecule has 3 N–H and O–H groups in total. The van der Waals surface area contributed by atoms with E-state index in [1.165, 1.54) is 12.1 Å². The van der Waals surface area contributed by atoms with Gasteiger partial charge in [0.25, 0.3) is 5.69 Å². The summed E-state index contributed by atoms with van der Waals surface area (Å²) in [4.78, 5) is 22.0. The van der Waals surface area contributed by atoms with Gasteiger partial charge < -0.3 is 15.7 Å². The molecule has 7 heteroatoms. The first-order valence-corrected chi connectivity index (χ1v) is 7.91. The minimum atomic E-state index is -1.16. The number of nitro groups is 1. The zero-order valence-electron chi connectivity index (χ0n) is 13.9. The van der Waals surface area contributed by atoms with Crippen LogP contribution in [0, 0.1) is 10.1 Å². The standard InChI is InChI=1S/C18H21N3O4/c1-18(23,15-5-3-2-4-6-15)13-20-17(22)19-12-11-14-7-9-16(10-8-14)21(24)25/h2-10,23H,11-13H2,1H3,(H2,19,20,22). The summed E-state index contributed by atoms with van der Waals surface area (Å²) < 4.78 is 0. The molecule has 1 atom stereocenters. The number of hydrogen-bond donors (Lipinski definition) is 3. The summed E-state index contributed by atoms with van der Waals surface area (Å²) in [6.45, 7) is 2.11. The van der Waals surface area contributed by atoms with Crippen molar-refractivity contribution in [2.75, 3.05) is 13.1 Å². The molecule has 2 aromatic rings. The normalized spacial score (nSPS) is 12.9. The van der Waals surface area contributed by atoms with E-state index in [9.17, 15) is 20.0 Å². The highest BCUT2D eigenvalue weighted by Gasteiger charge is 2.23. The summed E-state index contributed by atoms with van der Waals surface area (Å²) in [6.07, 6.45) is 0.556. The molecule has 1 unspecified atom stereocenters. The van der Waals surface area contributed by atoms with Crippen molar-refractivity contribution in [1.82, 2.24) is 10.6 Å². The number of rotatable bonds is 7. The number of nitrogens with zero attached hydrogens (tertiary/aromatic N) is 1. The molecule has 0 aromatic heterocycles. The summed E-state index contributed by atoms with van der Waals surface area (Å²) in [5.74, 6) is 0. The summed E-state index contributed by atoms with van der Waals surface area (Å²) in [6, 6.07) is 14.9. The molecule has 25 heavy (non-hydrogen) atoms. The Morgan fingerprint density at radius 1 is 1.12 bits per heavy atom. The van der Waals surface area contributed by atoms with Gasteiger partial charge in [-0.15, -0.1) is 0 Å². The van der Waals surface area contributed by atoms with Crippen LogP contribution in [0.15, 0.2) is 54.6 Å². The molecule has 0 aliphatic carbocycles. The van der Waals surface area contributed by atoms with Crippen LogP contribution in [-0.4, -0.2) is 29.2 Å². The molecule has 0 saturated heterocycles. The highest BCUT2D eigenvalue weighted by atomic mass is 16.6. The smallest absolute Gasteiger partial charge is 0.314 e. The second-order valence-electron chi connectivity index (χ2n) is 5.92. The summed E-state index contributed by atoms with van der Waals surface area (Å²) in [5.41, 5.74) is 0.498. The monoisotopic (exact) mass is 343 g/mol. The van der Waals surface area contributed by atoms with E-state index < -0.39 is 10.5 Å². The third kappa shape index (κ3) is 5.58. The van der Waals surface area contributed by atoms with Crippen LogP contribution in [0.1, 0.15) is 18.1 Å². The molecule has 0 fully saturated rings. The maximum atomic E-state index is 11.8. The van der Waals surface area contributed by atoms with Gasteiger partial charge in [-0.2, -0.15) is 0 Å². The Hall–Kier alpha value is -2.93. The van der Waals surface area contributed by atoms with Crippen molar-refractivity contribution in [2.45, 2.75) is 18.9 Å². The van der Waals surface area contributed by atoms with E-state index in [2.05, 4.69) is 10.6 Å². The van der Waals surface area contributed by atoms with Crippen LogP contribution in [0.5, 0.6) is 0 Å². The van der Waals surface area contributed by atoms with Gasteiger partial charge in [0.2, 0.25) is 0 Å². The topological polar surface area (TPSA) is 104 Å². The lowest BCUT2D eigenvalue weighted by Gasteiger charge is -2.24. The number of amides is 2. The van der Waals surface area contributed by atoms with Crippen molar-refractivity contribution < 1.29 is 14.8 Å². The van der Waals surface area contributed by atoms with Gasteiger partial charge in [0.05, 0.1) is 11.5 Å². The minimum absolute atomic E-state index is 0.0394. The fourth-order valence-electron chi connectivity index (χ4n) is 2.32. The van der Waals surface area contributed by atoms with Gasteiger partial charge in [-0.3, -0.25) is 10.1 Å². The molecule has 0 saturated carbocycles. The average Bonchev–Trinajstić information content (AvgIpc) is 2.61. The van der Waals surface area contributed by atoms with Crippen LogP contribution in [0.2, 0.25) is 0 Å². The largest absolute Gasteiger partial charge is 0.384 e. The molecule has 2 rings (SSSR count). The molecular weight excluding hydrogens is 322 g/mol. The van der Waals surface area contributed by atoms with Gasteiger partial charge in [-0.1, -0.05) is 42.5 Å². The lowest BCUT2D eigenvalue weighted by Crippen LogP contribution is -2.43. The fraction of sp³-hybridized carbons (Fsp3) is 0.278. The Morgan fingerprint density at radius 3 is 2.36 bits per heavy atom. The maximum Gasteiger partial charge on any atom is 0.314 e. The van der Waals surface area contributed by atoms with Crippen molar-refractivity contribution in [1.29, 1.82) is 0 Å². The third-order valence-electron chi connectivity index (χ3n) is 3.84. The predicted octanol–water partition coefficient (Wildman–Crippen LogP) is 2.34. The molecule has 0 aliphatic heterocycles. The van der Waals surface area contributed by atoms with Gasteiger partial charge in [-0.05, 0) is 24.5 Å². The Labute approximate surface area is 145 Å². The molecule has 0 spiro atoms. The van der Waals surface area contributed by atoms with E-state index in [0.29, 0.717) is 13.0 Å². The first-order chi connectivity index (χ1) is 11.9. The lowest BCUT2D eigenvalue weighted by molar-refractivity contribution is -0.384. The highest BCUT2D eigenvalue weighted by molar-refractivity contribution is 5.73. The van der Waals surface area contributed by atoms with Crippen molar-refractivity contribution in [2.24, 2.45) is 0 Å². The number of hydrogen-bond acceptors (Lipinski definition) is 4. The van der Waals surface area contributed by atoms with Crippen LogP contribution in [-0.2, 0) is 12.0 Å². The van der Waals surface area contributed by atoms with E-state index in [1.807, 2.05) is 18.2 Å². The number of urea groups is 1. The minimum Gasteiger partial charge on any atom is -0.384 e. The molecule has 132 valence electrons. The van der Waals surface area contributed by atoms with Gasteiger partial charge in [0.1, 0.15) is 5.60 Å². The molecule has 0 heterocycles. The molecule has 0 bridgehead atoms. The summed E-state index contributed by atoms with van der Waals surface area (Å²) >= 11 is 0. The van der Waals surface area contributed by atoms with Crippen LogP contribution in [0.25, 0.3) is 0 Å². The average molecular weight is 343 g/mol. The number of aliphatic hydroxyl groups is 1. The van der Waals surface area contributed by atoms with Crippen LogP contribution >= 0.6 is 0 Å². The van der Waals surface area contributed by atoms with Crippen molar-refractivity contribution in [3.05, 3.63) is 75.8 Å². The maximum absolute atomic E-state index is 11.8. The number of nitro benzene ring substituents is 1. The Kier molecular flexibility index (Phi) is 6.08. The Morgan fingerprint density at radius 2 is 1.76 bits per heavy atom. The van der Waals surface area contributed by atoms with Crippen LogP contribution in [0.4, 0.5) is 10.5 Å². The van der Waals surface area contributed by atoms with Crippen molar-refractivity contribution in [3.63, 3.8) is 0 Å². The second-order valence-corrected chi connectivity index (χ2v) is 5.92. The van der Waals surface area contributed by atoms with Gasteiger partial charge >= 0.3 is 6.03 Å². The van der Waals surface area contributed by atoms with Crippen molar-refractivity contribution >= 4 is 11.7 Å². The van der Waals surface area contributed by atoms with E-state index in [1.54, 1.807) is 31.2 Å². The highest BCUT2D eigenvalue weighted by Crippen LogP contribution is 2.18. The van der Waals surface area contributed by atoms with E-state index in [-0.39, 0.29) is 18.3 Å². The number of non-ortho nitro benzene ring substituents is 1. The Bertz CT molecular complexity index is 715. The van der Waals surface area contributed by atoms with Crippen LogP contribution in [0.3, 0.4) is 0 Å².